The number of halogens is 1. The second-order valence-electron chi connectivity index (χ2n) is 10.0. The third-order valence-corrected chi connectivity index (χ3v) is 6.30. The van der Waals surface area contributed by atoms with Crippen LogP contribution in [0.25, 0.3) is 0 Å². The Labute approximate surface area is 224 Å². The monoisotopic (exact) mass is 531 g/mol. The zero-order chi connectivity index (χ0) is 27.0. The Bertz CT molecular complexity index is 1080. The molecule has 0 bridgehead atoms. The number of ether oxygens (including phenoxy) is 2. The number of nitrogens with zero attached hydrogens (tertiary/aromatic N) is 4. The van der Waals surface area contributed by atoms with Crippen molar-refractivity contribution in [1.29, 1.82) is 0 Å². The van der Waals surface area contributed by atoms with E-state index in [1.807, 2.05) is 32.9 Å². The van der Waals surface area contributed by atoms with Crippen LogP contribution in [-0.2, 0) is 22.6 Å². The largest absolute Gasteiger partial charge is 0.490 e. The molecule has 10 heteroatoms. The highest BCUT2D eigenvalue weighted by molar-refractivity contribution is 6.31. The molecule has 1 N–H and O–H groups in total. The number of hydrogen-bond donors (Lipinski definition) is 1. The van der Waals surface area contributed by atoms with Gasteiger partial charge >= 0.3 is 6.09 Å². The normalized spacial score (nSPS) is 13.7. The molecular formula is C27H38ClN5O4. The maximum atomic E-state index is 13.4. The second kappa shape index (κ2) is 13.0. The number of hydrogen-bond acceptors (Lipinski definition) is 7. The minimum absolute atomic E-state index is 0.0535. The van der Waals surface area contributed by atoms with E-state index in [0.717, 1.165) is 36.6 Å². The molecule has 202 valence electrons. The van der Waals surface area contributed by atoms with Crippen LogP contribution in [0.2, 0.25) is 5.02 Å². The van der Waals surface area contributed by atoms with Crippen LogP contribution in [0.4, 0.5) is 10.5 Å². The van der Waals surface area contributed by atoms with E-state index in [0.29, 0.717) is 23.9 Å². The summed E-state index contributed by atoms with van der Waals surface area (Å²) in [5.74, 6) is 0.635. The lowest BCUT2D eigenvalue weighted by molar-refractivity contribution is -0.130. The van der Waals surface area contributed by atoms with Crippen molar-refractivity contribution in [2.75, 3.05) is 51.7 Å². The fraction of sp³-hybridized carbons (Fsp3) is 0.519. The standard InChI is InChI=1S/C27H38ClN5O4/c1-6-32-15-16-36-25-20(18-32)9-7-11-22(25)30-17-24(34)33(19-23-21(28)10-8-12-29-23)14-13-31(5)26(35)37-27(2,3)4/h7-12,30H,6,13-19H2,1-5H3. The summed E-state index contributed by atoms with van der Waals surface area (Å²) in [6.45, 7) is 11.6. The molecule has 0 saturated heterocycles. The topological polar surface area (TPSA) is 87.2 Å². The smallest absolute Gasteiger partial charge is 0.410 e. The summed E-state index contributed by atoms with van der Waals surface area (Å²) >= 11 is 6.33. The number of fused-ring (bicyclic) bond motifs is 1. The zero-order valence-electron chi connectivity index (χ0n) is 22.4. The van der Waals surface area contributed by atoms with Crippen LogP contribution >= 0.6 is 11.6 Å². The summed E-state index contributed by atoms with van der Waals surface area (Å²) in [5, 5.41) is 3.74. The highest BCUT2D eigenvalue weighted by Crippen LogP contribution is 2.31. The maximum Gasteiger partial charge on any atom is 0.410 e. The quantitative estimate of drug-likeness (QED) is 0.517. The Morgan fingerprint density at radius 1 is 1.22 bits per heavy atom. The summed E-state index contributed by atoms with van der Waals surface area (Å²) < 4.78 is 11.5. The van der Waals surface area contributed by atoms with Gasteiger partial charge in [0.1, 0.15) is 18.0 Å². The molecule has 0 radical (unpaired) electrons. The summed E-state index contributed by atoms with van der Waals surface area (Å²) in [5.41, 5.74) is 1.86. The van der Waals surface area contributed by atoms with Crippen molar-refractivity contribution in [3.63, 3.8) is 0 Å². The van der Waals surface area contributed by atoms with Gasteiger partial charge in [0, 0.05) is 45.0 Å². The minimum Gasteiger partial charge on any atom is -0.490 e. The number of carbonyl (C=O) groups is 2. The molecule has 1 aromatic heterocycles. The number of pyridine rings is 1. The first-order valence-electron chi connectivity index (χ1n) is 12.6. The van der Waals surface area contributed by atoms with E-state index >= 15 is 0 Å². The number of amides is 2. The number of anilines is 1. The van der Waals surface area contributed by atoms with Crippen molar-refractivity contribution in [1.82, 2.24) is 19.7 Å². The molecule has 0 saturated carbocycles. The molecule has 0 spiro atoms. The molecular weight excluding hydrogens is 494 g/mol. The third kappa shape index (κ3) is 8.50. The first-order valence-corrected chi connectivity index (χ1v) is 13.0. The first-order chi connectivity index (χ1) is 17.6. The van der Waals surface area contributed by atoms with Crippen LogP contribution in [-0.4, -0.2) is 83.7 Å². The highest BCUT2D eigenvalue weighted by atomic mass is 35.5. The van der Waals surface area contributed by atoms with E-state index in [9.17, 15) is 9.59 Å². The van der Waals surface area contributed by atoms with Crippen LogP contribution in [0, 0.1) is 0 Å². The van der Waals surface area contributed by atoms with Crippen LogP contribution in [0.15, 0.2) is 36.5 Å². The van der Waals surface area contributed by atoms with Crippen molar-refractivity contribution >= 4 is 29.3 Å². The van der Waals surface area contributed by atoms with Gasteiger partial charge in [-0.1, -0.05) is 30.7 Å². The third-order valence-electron chi connectivity index (χ3n) is 5.96. The van der Waals surface area contributed by atoms with Gasteiger partial charge < -0.3 is 24.6 Å². The number of para-hydroxylation sites is 1. The molecule has 1 aromatic carbocycles. The number of aromatic nitrogens is 1. The summed E-state index contributed by atoms with van der Waals surface area (Å²) in [6.07, 6.45) is 1.20. The zero-order valence-corrected chi connectivity index (χ0v) is 23.2. The average molecular weight is 532 g/mol. The molecule has 2 aromatic rings. The first kappa shape index (κ1) is 28.5. The fourth-order valence-corrected chi connectivity index (χ4v) is 4.06. The average Bonchev–Trinajstić information content (AvgIpc) is 3.07. The lowest BCUT2D eigenvalue weighted by Crippen LogP contribution is -2.42. The molecule has 3 rings (SSSR count). The Hall–Kier alpha value is -3.04. The van der Waals surface area contributed by atoms with Crippen molar-refractivity contribution in [3.05, 3.63) is 52.8 Å². The van der Waals surface area contributed by atoms with Gasteiger partial charge in [-0.2, -0.15) is 0 Å². The van der Waals surface area contributed by atoms with E-state index < -0.39 is 11.7 Å². The Balaban J connectivity index is 1.70. The van der Waals surface area contributed by atoms with Gasteiger partial charge in [0.25, 0.3) is 0 Å². The van der Waals surface area contributed by atoms with Crippen molar-refractivity contribution in [2.45, 2.75) is 46.4 Å². The van der Waals surface area contributed by atoms with Crippen molar-refractivity contribution in [2.24, 2.45) is 0 Å². The van der Waals surface area contributed by atoms with E-state index in [4.69, 9.17) is 21.1 Å². The number of benzene rings is 1. The predicted molar refractivity (Wildman–Crippen MR) is 145 cm³/mol. The van der Waals surface area contributed by atoms with Gasteiger partial charge in [0.2, 0.25) is 5.91 Å². The Kier molecular flexibility index (Phi) is 10.00. The van der Waals surface area contributed by atoms with Crippen molar-refractivity contribution < 1.29 is 19.1 Å². The molecule has 37 heavy (non-hydrogen) atoms. The van der Waals surface area contributed by atoms with Gasteiger partial charge in [0.15, 0.2) is 0 Å². The molecule has 1 aliphatic rings. The number of nitrogens with one attached hydrogen (secondary N) is 1. The van der Waals surface area contributed by atoms with Crippen molar-refractivity contribution in [3.8, 4) is 5.75 Å². The summed E-state index contributed by atoms with van der Waals surface area (Å²) in [6, 6.07) is 9.43. The fourth-order valence-electron chi connectivity index (χ4n) is 3.88. The Morgan fingerprint density at radius 2 is 2.00 bits per heavy atom. The molecule has 0 atom stereocenters. The molecule has 0 unspecified atom stereocenters. The lowest BCUT2D eigenvalue weighted by Gasteiger charge is -2.28. The lowest BCUT2D eigenvalue weighted by atomic mass is 10.1. The van der Waals surface area contributed by atoms with Gasteiger partial charge in [-0.25, -0.2) is 4.79 Å². The molecule has 2 amide bonds. The van der Waals surface area contributed by atoms with Crippen LogP contribution in [0.1, 0.15) is 39.0 Å². The number of likely N-dealkylation sites (N-methyl/N-ethyl adjacent to an activating group) is 2. The summed E-state index contributed by atoms with van der Waals surface area (Å²) in [4.78, 5) is 35.6. The van der Waals surface area contributed by atoms with E-state index in [1.165, 1.54) is 4.90 Å². The highest BCUT2D eigenvalue weighted by Gasteiger charge is 2.23. The number of carbonyl (C=O) groups excluding carboxylic acids is 2. The molecule has 2 heterocycles. The van der Waals surface area contributed by atoms with E-state index in [1.54, 1.807) is 30.3 Å². The predicted octanol–water partition coefficient (Wildman–Crippen LogP) is 4.26. The van der Waals surface area contributed by atoms with E-state index in [-0.39, 0.29) is 25.5 Å². The summed E-state index contributed by atoms with van der Waals surface area (Å²) in [7, 11) is 1.65. The SMILES string of the molecule is CCN1CCOc2c(cccc2NCC(=O)N(CCN(C)C(=O)OC(C)(C)C)Cc2ncccc2Cl)C1. The van der Waals surface area contributed by atoms with Crippen LogP contribution in [0.3, 0.4) is 0 Å². The van der Waals surface area contributed by atoms with Crippen LogP contribution < -0.4 is 10.1 Å². The second-order valence-corrected chi connectivity index (χ2v) is 10.4. The molecule has 9 nitrogen and oxygen atoms in total. The van der Waals surface area contributed by atoms with Gasteiger partial charge in [-0.05, 0) is 45.5 Å². The molecule has 0 aliphatic carbocycles. The van der Waals surface area contributed by atoms with Crippen LogP contribution in [0.5, 0.6) is 5.75 Å². The van der Waals surface area contributed by atoms with Gasteiger partial charge in [-0.15, -0.1) is 0 Å². The Morgan fingerprint density at radius 3 is 2.70 bits per heavy atom. The minimum atomic E-state index is -0.601. The molecule has 1 aliphatic heterocycles. The van der Waals surface area contributed by atoms with Gasteiger partial charge in [-0.3, -0.25) is 14.7 Å². The maximum absolute atomic E-state index is 13.4. The van der Waals surface area contributed by atoms with Gasteiger partial charge in [0.05, 0.1) is 29.5 Å². The molecule has 0 fully saturated rings. The van der Waals surface area contributed by atoms with E-state index in [2.05, 4.69) is 28.2 Å². The number of rotatable bonds is 9.